The molecule has 3 nitrogen and oxygen atoms in total. The van der Waals surface area contributed by atoms with Gasteiger partial charge < -0.3 is 9.30 Å². The van der Waals surface area contributed by atoms with E-state index in [4.69, 9.17) is 4.74 Å². The summed E-state index contributed by atoms with van der Waals surface area (Å²) < 4.78 is 7.88. The lowest BCUT2D eigenvalue weighted by Crippen LogP contribution is -2.01. The van der Waals surface area contributed by atoms with Crippen molar-refractivity contribution in [3.63, 3.8) is 0 Å². The van der Waals surface area contributed by atoms with Gasteiger partial charge in [-0.3, -0.25) is 4.98 Å². The van der Waals surface area contributed by atoms with Crippen LogP contribution in [0.5, 0.6) is 5.75 Å². The average Bonchev–Trinajstić information content (AvgIpc) is 2.75. The quantitative estimate of drug-likeness (QED) is 0.701. The largest absolute Gasteiger partial charge is 0.486 e. The SMILES string of the molecule is Cn1c(COc2cccnc2)cc2ccccc21. The number of aryl methyl sites for hydroxylation is 1. The smallest absolute Gasteiger partial charge is 0.138 e. The van der Waals surface area contributed by atoms with E-state index in [1.165, 1.54) is 10.9 Å². The summed E-state index contributed by atoms with van der Waals surface area (Å²) >= 11 is 0. The van der Waals surface area contributed by atoms with Crippen molar-refractivity contribution in [3.05, 3.63) is 60.6 Å². The van der Waals surface area contributed by atoms with Crippen molar-refractivity contribution in [1.82, 2.24) is 9.55 Å². The lowest BCUT2D eigenvalue weighted by atomic mass is 10.2. The van der Waals surface area contributed by atoms with Gasteiger partial charge in [0.25, 0.3) is 0 Å². The fraction of sp³-hybridized carbons (Fsp3) is 0.133. The predicted molar refractivity (Wildman–Crippen MR) is 71.5 cm³/mol. The van der Waals surface area contributed by atoms with Crippen LogP contribution >= 0.6 is 0 Å². The minimum Gasteiger partial charge on any atom is -0.486 e. The maximum absolute atomic E-state index is 5.72. The molecule has 0 spiro atoms. The Bertz CT molecular complexity index is 659. The van der Waals surface area contributed by atoms with Gasteiger partial charge in [0.2, 0.25) is 0 Å². The van der Waals surface area contributed by atoms with Crippen molar-refractivity contribution < 1.29 is 4.74 Å². The van der Waals surface area contributed by atoms with Crippen LogP contribution in [-0.2, 0) is 13.7 Å². The molecule has 0 radical (unpaired) electrons. The van der Waals surface area contributed by atoms with Gasteiger partial charge in [0, 0.05) is 18.8 Å². The van der Waals surface area contributed by atoms with Crippen molar-refractivity contribution in [3.8, 4) is 5.75 Å². The summed E-state index contributed by atoms with van der Waals surface area (Å²) in [6.07, 6.45) is 3.46. The topological polar surface area (TPSA) is 27.1 Å². The van der Waals surface area contributed by atoms with E-state index in [2.05, 4.69) is 34.8 Å². The van der Waals surface area contributed by atoms with Gasteiger partial charge >= 0.3 is 0 Å². The second kappa shape index (κ2) is 4.53. The first-order valence-corrected chi connectivity index (χ1v) is 5.91. The van der Waals surface area contributed by atoms with Gasteiger partial charge in [-0.25, -0.2) is 0 Å². The number of aromatic nitrogens is 2. The summed E-state index contributed by atoms with van der Waals surface area (Å²) in [4.78, 5) is 4.03. The van der Waals surface area contributed by atoms with Gasteiger partial charge in [-0.1, -0.05) is 18.2 Å². The number of pyridine rings is 1. The third-order valence-corrected chi connectivity index (χ3v) is 3.07. The molecule has 0 atom stereocenters. The molecule has 0 bridgehead atoms. The van der Waals surface area contributed by atoms with Crippen molar-refractivity contribution in [1.29, 1.82) is 0 Å². The molecule has 0 unspecified atom stereocenters. The summed E-state index contributed by atoms with van der Waals surface area (Å²) in [5.74, 6) is 0.794. The van der Waals surface area contributed by atoms with E-state index in [-0.39, 0.29) is 0 Å². The molecule has 3 rings (SSSR count). The number of hydrogen-bond acceptors (Lipinski definition) is 2. The zero-order chi connectivity index (χ0) is 12.4. The number of hydrogen-bond donors (Lipinski definition) is 0. The van der Waals surface area contributed by atoms with E-state index in [9.17, 15) is 0 Å². The molecule has 2 heterocycles. The molecule has 0 amide bonds. The molecule has 0 saturated heterocycles. The first-order chi connectivity index (χ1) is 8.84. The normalized spacial score (nSPS) is 10.7. The summed E-state index contributed by atoms with van der Waals surface area (Å²) in [6, 6.07) is 14.3. The molecule has 1 aromatic carbocycles. The minimum absolute atomic E-state index is 0.552. The van der Waals surface area contributed by atoms with E-state index in [0.29, 0.717) is 6.61 Å². The highest BCUT2D eigenvalue weighted by Gasteiger charge is 2.05. The second-order valence-electron chi connectivity index (χ2n) is 4.23. The molecule has 18 heavy (non-hydrogen) atoms. The summed E-state index contributed by atoms with van der Waals surface area (Å²) in [5, 5.41) is 1.24. The molecular weight excluding hydrogens is 224 g/mol. The lowest BCUT2D eigenvalue weighted by Gasteiger charge is -2.06. The van der Waals surface area contributed by atoms with Gasteiger partial charge in [0.15, 0.2) is 0 Å². The van der Waals surface area contributed by atoms with Crippen LogP contribution in [0.3, 0.4) is 0 Å². The fourth-order valence-electron chi connectivity index (χ4n) is 2.07. The molecule has 0 saturated carbocycles. The Hall–Kier alpha value is -2.29. The molecule has 90 valence electrons. The Labute approximate surface area is 106 Å². The Morgan fingerprint density at radius 1 is 1.17 bits per heavy atom. The highest BCUT2D eigenvalue weighted by Crippen LogP contribution is 2.19. The highest BCUT2D eigenvalue weighted by atomic mass is 16.5. The minimum atomic E-state index is 0.552. The first-order valence-electron chi connectivity index (χ1n) is 5.91. The van der Waals surface area contributed by atoms with E-state index < -0.39 is 0 Å². The van der Waals surface area contributed by atoms with Crippen molar-refractivity contribution >= 4 is 10.9 Å². The third kappa shape index (κ3) is 1.95. The standard InChI is InChI=1S/C15H14N2O/c1-17-13(9-12-5-2-3-7-15(12)17)11-18-14-6-4-8-16-10-14/h2-10H,11H2,1H3. The van der Waals surface area contributed by atoms with Crippen LogP contribution in [0.4, 0.5) is 0 Å². The Kier molecular flexibility index (Phi) is 2.73. The van der Waals surface area contributed by atoms with Crippen molar-refractivity contribution in [2.75, 3.05) is 0 Å². The van der Waals surface area contributed by atoms with Gasteiger partial charge in [-0.15, -0.1) is 0 Å². The monoisotopic (exact) mass is 238 g/mol. The van der Waals surface area contributed by atoms with Crippen LogP contribution in [0.1, 0.15) is 5.69 Å². The first kappa shape index (κ1) is 10.8. The van der Waals surface area contributed by atoms with Crippen LogP contribution in [0.25, 0.3) is 10.9 Å². The van der Waals surface area contributed by atoms with Crippen LogP contribution in [0.15, 0.2) is 54.9 Å². The van der Waals surface area contributed by atoms with Gasteiger partial charge in [0.05, 0.1) is 11.9 Å². The molecule has 3 aromatic rings. The molecule has 0 aliphatic heterocycles. The summed E-state index contributed by atoms with van der Waals surface area (Å²) in [5.41, 5.74) is 2.38. The van der Waals surface area contributed by atoms with Crippen LogP contribution in [0, 0.1) is 0 Å². The van der Waals surface area contributed by atoms with E-state index in [1.54, 1.807) is 12.4 Å². The number of nitrogens with zero attached hydrogens (tertiary/aromatic N) is 2. The number of ether oxygens (including phenoxy) is 1. The maximum Gasteiger partial charge on any atom is 0.138 e. The second-order valence-corrected chi connectivity index (χ2v) is 4.23. The number of rotatable bonds is 3. The summed E-state index contributed by atoms with van der Waals surface area (Å²) in [7, 11) is 2.06. The number of benzene rings is 1. The van der Waals surface area contributed by atoms with E-state index in [1.807, 2.05) is 24.3 Å². The van der Waals surface area contributed by atoms with Crippen LogP contribution in [-0.4, -0.2) is 9.55 Å². The van der Waals surface area contributed by atoms with Crippen molar-refractivity contribution in [2.45, 2.75) is 6.61 Å². The molecule has 2 aromatic heterocycles. The average molecular weight is 238 g/mol. The molecular formula is C15H14N2O. The molecule has 0 aliphatic carbocycles. The Morgan fingerprint density at radius 3 is 2.83 bits per heavy atom. The zero-order valence-corrected chi connectivity index (χ0v) is 10.2. The van der Waals surface area contributed by atoms with Crippen molar-refractivity contribution in [2.24, 2.45) is 7.05 Å². The summed E-state index contributed by atoms with van der Waals surface area (Å²) in [6.45, 7) is 0.552. The number of fused-ring (bicyclic) bond motifs is 1. The van der Waals surface area contributed by atoms with Gasteiger partial charge in [-0.05, 0) is 29.7 Å². The zero-order valence-electron chi connectivity index (χ0n) is 10.2. The maximum atomic E-state index is 5.72. The van der Waals surface area contributed by atoms with Gasteiger partial charge in [-0.2, -0.15) is 0 Å². The lowest BCUT2D eigenvalue weighted by molar-refractivity contribution is 0.296. The van der Waals surface area contributed by atoms with E-state index >= 15 is 0 Å². The van der Waals surface area contributed by atoms with Crippen LogP contribution in [0.2, 0.25) is 0 Å². The number of para-hydroxylation sites is 1. The molecule has 3 heteroatoms. The molecule has 0 fully saturated rings. The van der Waals surface area contributed by atoms with E-state index in [0.717, 1.165) is 11.4 Å². The molecule has 0 aliphatic rings. The highest BCUT2D eigenvalue weighted by molar-refractivity contribution is 5.81. The Morgan fingerprint density at radius 2 is 2.06 bits per heavy atom. The third-order valence-electron chi connectivity index (χ3n) is 3.07. The van der Waals surface area contributed by atoms with Gasteiger partial charge in [0.1, 0.15) is 12.4 Å². The fourth-order valence-corrected chi connectivity index (χ4v) is 2.07. The molecule has 0 N–H and O–H groups in total. The Balaban J connectivity index is 1.85. The predicted octanol–water partition coefficient (Wildman–Crippen LogP) is 3.15. The van der Waals surface area contributed by atoms with Crippen LogP contribution < -0.4 is 4.74 Å².